The maximum atomic E-state index is 13.3. The Morgan fingerprint density at radius 2 is 1.52 bits per heavy atom. The number of rotatable bonds is 3. The van der Waals surface area contributed by atoms with Crippen LogP contribution in [0.4, 0.5) is 0 Å². The number of carbonyl (C=O) groups excluding carboxylic acids is 3. The molecule has 0 aromatic rings. The van der Waals surface area contributed by atoms with Gasteiger partial charge in [-0.2, -0.15) is 0 Å². The van der Waals surface area contributed by atoms with E-state index in [0.717, 1.165) is 0 Å². The van der Waals surface area contributed by atoms with Crippen molar-refractivity contribution >= 4 is 17.7 Å². The van der Waals surface area contributed by atoms with E-state index in [1.54, 1.807) is 48.5 Å². The van der Waals surface area contributed by atoms with Crippen LogP contribution >= 0.6 is 0 Å². The average Bonchev–Trinajstić information content (AvgIpc) is 2.75. The minimum atomic E-state index is -1.16. The number of ether oxygens (including phenoxy) is 2. The first kappa shape index (κ1) is 29.5. The Bertz CT molecular complexity index is 677. The standard InChI is InChI=1S/C25H44O8/c1-11-10-12(2)21(29)15(5)24(32-19(9)27)17(7)23(13(3)18(8)26)33-25(31)16(6)22(30)14(4)20(11)28/h11-18,20,22-24,26,28,30H,10H2,1-9H3/t11?,12-,13+,14-,15+,16-,17+,18+,20+,22+,23-,24-/m1/s1. The number of aliphatic hydroxyl groups is 3. The number of esters is 2. The fourth-order valence-electron chi connectivity index (χ4n) is 4.99. The van der Waals surface area contributed by atoms with Crippen LogP contribution in [0.2, 0.25) is 0 Å². The highest BCUT2D eigenvalue weighted by molar-refractivity contribution is 5.83. The van der Waals surface area contributed by atoms with Gasteiger partial charge in [0.2, 0.25) is 0 Å². The van der Waals surface area contributed by atoms with Crippen LogP contribution in [-0.4, -0.2) is 63.6 Å². The summed E-state index contributed by atoms with van der Waals surface area (Å²) in [4.78, 5) is 38.2. The summed E-state index contributed by atoms with van der Waals surface area (Å²) in [5, 5.41) is 31.9. The van der Waals surface area contributed by atoms with E-state index in [1.165, 1.54) is 6.92 Å². The van der Waals surface area contributed by atoms with Gasteiger partial charge in [0.25, 0.3) is 0 Å². The minimum absolute atomic E-state index is 0.124. The van der Waals surface area contributed by atoms with Gasteiger partial charge in [0.1, 0.15) is 18.0 Å². The topological polar surface area (TPSA) is 130 Å². The summed E-state index contributed by atoms with van der Waals surface area (Å²) in [6.45, 7) is 14.8. The minimum Gasteiger partial charge on any atom is -0.461 e. The third-order valence-electron chi connectivity index (χ3n) is 7.57. The third-order valence-corrected chi connectivity index (χ3v) is 7.57. The summed E-state index contributed by atoms with van der Waals surface area (Å²) in [6.07, 6.45) is -4.30. The lowest BCUT2D eigenvalue weighted by atomic mass is 9.75. The van der Waals surface area contributed by atoms with E-state index in [4.69, 9.17) is 9.47 Å². The Kier molecular flexibility index (Phi) is 11.0. The molecular formula is C25H44O8. The zero-order chi connectivity index (χ0) is 25.8. The molecule has 0 aromatic heterocycles. The second-order valence-corrected chi connectivity index (χ2v) is 10.4. The molecule has 0 aliphatic carbocycles. The van der Waals surface area contributed by atoms with Gasteiger partial charge in [-0.3, -0.25) is 14.4 Å². The van der Waals surface area contributed by atoms with Crippen molar-refractivity contribution in [3.8, 4) is 0 Å². The molecule has 1 saturated heterocycles. The normalized spacial score (nSPS) is 41.5. The number of aliphatic hydroxyl groups excluding tert-OH is 3. The number of hydrogen-bond donors (Lipinski definition) is 3. The Labute approximate surface area is 198 Å². The molecule has 0 aromatic carbocycles. The highest BCUT2D eigenvalue weighted by atomic mass is 16.6. The summed E-state index contributed by atoms with van der Waals surface area (Å²) in [6, 6.07) is 0. The van der Waals surface area contributed by atoms with Gasteiger partial charge in [0.15, 0.2) is 0 Å². The second kappa shape index (κ2) is 12.3. The van der Waals surface area contributed by atoms with Crippen molar-refractivity contribution in [2.45, 2.75) is 99.3 Å². The molecule has 0 bridgehead atoms. The van der Waals surface area contributed by atoms with Crippen LogP contribution in [0, 0.1) is 41.4 Å². The number of hydrogen-bond acceptors (Lipinski definition) is 8. The van der Waals surface area contributed by atoms with Gasteiger partial charge >= 0.3 is 11.9 Å². The van der Waals surface area contributed by atoms with Crippen LogP contribution in [0.3, 0.4) is 0 Å². The molecule has 1 rings (SSSR count). The molecule has 12 atom stereocenters. The van der Waals surface area contributed by atoms with E-state index in [1.807, 2.05) is 6.92 Å². The van der Waals surface area contributed by atoms with E-state index in [2.05, 4.69) is 0 Å². The van der Waals surface area contributed by atoms with Crippen molar-refractivity contribution in [2.24, 2.45) is 41.4 Å². The quantitative estimate of drug-likeness (QED) is 0.534. The summed E-state index contributed by atoms with van der Waals surface area (Å²) < 4.78 is 11.4. The largest absolute Gasteiger partial charge is 0.461 e. The van der Waals surface area contributed by atoms with Crippen LogP contribution in [0.15, 0.2) is 0 Å². The smallest absolute Gasteiger partial charge is 0.311 e. The Hall–Kier alpha value is -1.51. The number of ketones is 1. The molecule has 1 unspecified atom stereocenters. The molecule has 8 nitrogen and oxygen atoms in total. The zero-order valence-electron chi connectivity index (χ0n) is 21.5. The van der Waals surface area contributed by atoms with E-state index in [-0.39, 0.29) is 11.7 Å². The molecule has 0 radical (unpaired) electrons. The second-order valence-electron chi connectivity index (χ2n) is 10.4. The zero-order valence-corrected chi connectivity index (χ0v) is 21.5. The van der Waals surface area contributed by atoms with Crippen LogP contribution in [0.5, 0.6) is 0 Å². The van der Waals surface area contributed by atoms with Gasteiger partial charge in [0, 0.05) is 30.6 Å². The molecule has 1 heterocycles. The van der Waals surface area contributed by atoms with Crippen molar-refractivity contribution in [1.82, 2.24) is 0 Å². The first-order valence-electron chi connectivity index (χ1n) is 12.1. The lowest BCUT2D eigenvalue weighted by Gasteiger charge is -2.39. The Morgan fingerprint density at radius 1 is 0.970 bits per heavy atom. The highest BCUT2D eigenvalue weighted by Gasteiger charge is 2.44. The third kappa shape index (κ3) is 7.23. The van der Waals surface area contributed by atoms with Crippen molar-refractivity contribution < 1.29 is 39.2 Å². The van der Waals surface area contributed by atoms with Crippen LogP contribution in [-0.2, 0) is 23.9 Å². The van der Waals surface area contributed by atoms with Gasteiger partial charge in [0.05, 0.1) is 30.1 Å². The van der Waals surface area contributed by atoms with Gasteiger partial charge in [-0.25, -0.2) is 0 Å². The predicted octanol–water partition coefficient (Wildman–Crippen LogP) is 2.36. The maximum Gasteiger partial charge on any atom is 0.311 e. The van der Waals surface area contributed by atoms with Crippen LogP contribution in [0.1, 0.15) is 68.7 Å². The molecular weight excluding hydrogens is 428 g/mol. The Morgan fingerprint density at radius 3 is 2.00 bits per heavy atom. The highest BCUT2D eigenvalue weighted by Crippen LogP contribution is 2.34. The van der Waals surface area contributed by atoms with Gasteiger partial charge in [-0.15, -0.1) is 0 Å². The van der Waals surface area contributed by atoms with Crippen LogP contribution in [0.25, 0.3) is 0 Å². The summed E-state index contributed by atoms with van der Waals surface area (Å²) in [5.41, 5.74) is 0. The Balaban J connectivity index is 3.54. The van der Waals surface area contributed by atoms with E-state index in [9.17, 15) is 29.7 Å². The van der Waals surface area contributed by atoms with Crippen molar-refractivity contribution in [3.63, 3.8) is 0 Å². The SMILES string of the molecule is CC(=O)O[C@H]1[C@@H](C)[C@@H]([C@@H](C)[C@H](C)O)OC(=O)[C@H](C)[C@@H](O)[C@H](C)[C@@H](O)C(C)C[C@@H](C)C(=O)[C@@H]1C. The molecule has 3 N–H and O–H groups in total. The van der Waals surface area contributed by atoms with Crippen molar-refractivity contribution in [3.05, 3.63) is 0 Å². The fraction of sp³-hybridized carbons (Fsp3) is 0.880. The maximum absolute atomic E-state index is 13.3. The molecule has 192 valence electrons. The molecule has 1 aliphatic rings. The monoisotopic (exact) mass is 472 g/mol. The number of carbonyl (C=O) groups is 3. The molecule has 1 fully saturated rings. The van der Waals surface area contributed by atoms with Crippen LogP contribution < -0.4 is 0 Å². The molecule has 1 aliphatic heterocycles. The van der Waals surface area contributed by atoms with Gasteiger partial charge in [-0.1, -0.05) is 41.5 Å². The van der Waals surface area contributed by atoms with Gasteiger partial charge in [-0.05, 0) is 26.2 Å². The average molecular weight is 473 g/mol. The van der Waals surface area contributed by atoms with Gasteiger partial charge < -0.3 is 24.8 Å². The summed E-state index contributed by atoms with van der Waals surface area (Å²) >= 11 is 0. The lowest BCUT2D eigenvalue weighted by molar-refractivity contribution is -0.177. The molecule has 0 amide bonds. The van der Waals surface area contributed by atoms with E-state index >= 15 is 0 Å². The molecule has 33 heavy (non-hydrogen) atoms. The lowest BCUT2D eigenvalue weighted by Crippen LogP contribution is -2.49. The summed E-state index contributed by atoms with van der Waals surface area (Å²) in [7, 11) is 0. The number of Topliss-reactive ketones (excluding diaryl/α,β-unsaturated/α-hetero) is 1. The summed E-state index contributed by atoms with van der Waals surface area (Å²) in [5.74, 6) is -5.44. The molecule has 8 heteroatoms. The number of cyclic esters (lactones) is 1. The van der Waals surface area contributed by atoms with E-state index in [0.29, 0.717) is 6.42 Å². The van der Waals surface area contributed by atoms with Crippen molar-refractivity contribution in [2.75, 3.05) is 0 Å². The molecule has 0 spiro atoms. The fourth-order valence-corrected chi connectivity index (χ4v) is 4.99. The predicted molar refractivity (Wildman–Crippen MR) is 123 cm³/mol. The van der Waals surface area contributed by atoms with Crippen molar-refractivity contribution in [1.29, 1.82) is 0 Å². The van der Waals surface area contributed by atoms with E-state index < -0.39 is 78.0 Å². The first-order chi connectivity index (χ1) is 15.1. The first-order valence-corrected chi connectivity index (χ1v) is 12.1. The molecule has 0 saturated carbocycles.